The van der Waals surface area contributed by atoms with E-state index in [2.05, 4.69) is 5.38 Å². The Labute approximate surface area is 149 Å². The van der Waals surface area contributed by atoms with E-state index in [0.717, 1.165) is 33.2 Å². The Kier molecular flexibility index (Phi) is 4.54. The van der Waals surface area contributed by atoms with E-state index in [1.54, 1.807) is 11.3 Å². The molecule has 1 aliphatic heterocycles. The van der Waals surface area contributed by atoms with E-state index in [9.17, 15) is 5.11 Å². The SMILES string of the molecule is OCCn1c(-c2ccc3c(c2)OCCO3)csc1=Nc1ccccc1. The van der Waals surface area contributed by atoms with E-state index in [1.807, 2.05) is 53.1 Å². The average molecular weight is 354 g/mol. The second kappa shape index (κ2) is 7.13. The number of rotatable bonds is 4. The first kappa shape index (κ1) is 15.9. The molecule has 3 aromatic rings. The van der Waals surface area contributed by atoms with Gasteiger partial charge in [-0.3, -0.25) is 0 Å². The van der Waals surface area contributed by atoms with Crippen LogP contribution in [-0.2, 0) is 6.54 Å². The first-order chi connectivity index (χ1) is 12.3. The molecular weight excluding hydrogens is 336 g/mol. The molecule has 0 saturated heterocycles. The lowest BCUT2D eigenvalue weighted by molar-refractivity contribution is 0.171. The molecule has 0 radical (unpaired) electrons. The van der Waals surface area contributed by atoms with Crippen molar-refractivity contribution in [3.05, 3.63) is 58.7 Å². The number of aliphatic hydroxyl groups is 1. The van der Waals surface area contributed by atoms with Crippen LogP contribution in [-0.4, -0.2) is 29.5 Å². The number of hydrogen-bond donors (Lipinski definition) is 1. The molecule has 0 saturated carbocycles. The van der Waals surface area contributed by atoms with Crippen LogP contribution in [0.15, 0.2) is 58.9 Å². The zero-order chi connectivity index (χ0) is 17.1. The highest BCUT2D eigenvalue weighted by atomic mass is 32.1. The summed E-state index contributed by atoms with van der Waals surface area (Å²) >= 11 is 1.56. The van der Waals surface area contributed by atoms with Gasteiger partial charge >= 0.3 is 0 Å². The lowest BCUT2D eigenvalue weighted by atomic mass is 10.1. The molecule has 2 aromatic carbocycles. The van der Waals surface area contributed by atoms with Crippen molar-refractivity contribution in [2.45, 2.75) is 6.54 Å². The zero-order valence-corrected chi connectivity index (χ0v) is 14.4. The Hall–Kier alpha value is -2.57. The predicted molar refractivity (Wildman–Crippen MR) is 97.5 cm³/mol. The van der Waals surface area contributed by atoms with Gasteiger partial charge in [-0.1, -0.05) is 18.2 Å². The number of benzene rings is 2. The minimum atomic E-state index is 0.0518. The molecule has 5 nitrogen and oxygen atoms in total. The maximum absolute atomic E-state index is 9.49. The number of aliphatic hydroxyl groups excluding tert-OH is 1. The summed E-state index contributed by atoms with van der Waals surface area (Å²) in [4.78, 5) is 5.56. The van der Waals surface area contributed by atoms with E-state index in [4.69, 9.17) is 14.5 Å². The van der Waals surface area contributed by atoms with Gasteiger partial charge in [-0.2, -0.15) is 0 Å². The topological polar surface area (TPSA) is 56.0 Å². The monoisotopic (exact) mass is 354 g/mol. The third-order valence-corrected chi connectivity index (χ3v) is 4.80. The van der Waals surface area contributed by atoms with Crippen LogP contribution in [0.3, 0.4) is 0 Å². The van der Waals surface area contributed by atoms with Gasteiger partial charge in [-0.15, -0.1) is 11.3 Å². The van der Waals surface area contributed by atoms with E-state index in [-0.39, 0.29) is 6.61 Å². The Morgan fingerprint density at radius 2 is 1.84 bits per heavy atom. The molecule has 0 bridgehead atoms. The highest BCUT2D eigenvalue weighted by Gasteiger charge is 2.15. The maximum Gasteiger partial charge on any atom is 0.190 e. The molecule has 0 aliphatic carbocycles. The van der Waals surface area contributed by atoms with Gasteiger partial charge in [-0.25, -0.2) is 4.99 Å². The maximum atomic E-state index is 9.49. The third-order valence-electron chi connectivity index (χ3n) is 3.94. The summed E-state index contributed by atoms with van der Waals surface area (Å²) in [5.41, 5.74) is 2.92. The number of para-hydroxylation sites is 1. The average Bonchev–Trinajstić information content (AvgIpc) is 3.05. The second-order valence-corrected chi connectivity index (χ2v) is 6.42. The molecule has 1 N–H and O–H groups in total. The molecule has 2 heterocycles. The van der Waals surface area contributed by atoms with Crippen molar-refractivity contribution in [2.75, 3.05) is 19.8 Å². The molecular formula is C19H18N2O3S. The van der Waals surface area contributed by atoms with Crippen LogP contribution >= 0.6 is 11.3 Å². The standard InChI is InChI=1S/C19H18N2O3S/c22-9-8-21-16(13-25-19(21)20-15-4-2-1-3-5-15)14-6-7-17-18(12-14)24-11-10-23-17/h1-7,12-13,22H,8-11H2. The number of thiazole rings is 1. The van der Waals surface area contributed by atoms with Crippen molar-refractivity contribution in [2.24, 2.45) is 4.99 Å². The Morgan fingerprint density at radius 3 is 2.64 bits per heavy atom. The zero-order valence-electron chi connectivity index (χ0n) is 13.6. The fourth-order valence-electron chi connectivity index (χ4n) is 2.78. The fourth-order valence-corrected chi connectivity index (χ4v) is 3.74. The van der Waals surface area contributed by atoms with Crippen molar-refractivity contribution in [1.82, 2.24) is 4.57 Å². The molecule has 0 atom stereocenters. The summed E-state index contributed by atoms with van der Waals surface area (Å²) in [5.74, 6) is 1.53. The first-order valence-electron chi connectivity index (χ1n) is 8.14. The quantitative estimate of drug-likeness (QED) is 0.783. The highest BCUT2D eigenvalue weighted by Crippen LogP contribution is 2.34. The first-order valence-corrected chi connectivity index (χ1v) is 9.02. The van der Waals surface area contributed by atoms with Crippen LogP contribution in [0.4, 0.5) is 5.69 Å². The molecule has 6 heteroatoms. The third kappa shape index (κ3) is 3.31. The lowest BCUT2D eigenvalue weighted by Crippen LogP contribution is -2.18. The molecule has 1 aliphatic rings. The molecule has 25 heavy (non-hydrogen) atoms. The van der Waals surface area contributed by atoms with Crippen LogP contribution in [0.5, 0.6) is 11.5 Å². The van der Waals surface area contributed by atoms with E-state index >= 15 is 0 Å². The van der Waals surface area contributed by atoms with Crippen LogP contribution in [0, 0.1) is 0 Å². The molecule has 128 valence electrons. The Morgan fingerprint density at radius 1 is 1.04 bits per heavy atom. The van der Waals surface area contributed by atoms with Gasteiger partial charge in [0.25, 0.3) is 0 Å². The van der Waals surface area contributed by atoms with E-state index in [1.165, 1.54) is 0 Å². The number of ether oxygens (including phenoxy) is 2. The summed E-state index contributed by atoms with van der Waals surface area (Å²) in [7, 11) is 0. The summed E-state index contributed by atoms with van der Waals surface area (Å²) in [5, 5.41) is 11.5. The van der Waals surface area contributed by atoms with Crippen molar-refractivity contribution in [1.29, 1.82) is 0 Å². The van der Waals surface area contributed by atoms with Crippen molar-refractivity contribution < 1.29 is 14.6 Å². The van der Waals surface area contributed by atoms with Gasteiger partial charge in [0.1, 0.15) is 13.2 Å². The van der Waals surface area contributed by atoms with Gasteiger partial charge in [0.2, 0.25) is 0 Å². The van der Waals surface area contributed by atoms with Crippen LogP contribution in [0.2, 0.25) is 0 Å². The molecule has 0 unspecified atom stereocenters. The predicted octanol–water partition coefficient (Wildman–Crippen LogP) is 3.21. The van der Waals surface area contributed by atoms with Crippen molar-refractivity contribution in [3.8, 4) is 22.8 Å². The minimum Gasteiger partial charge on any atom is -0.486 e. The summed E-state index contributed by atoms with van der Waals surface area (Å²) in [6, 6.07) is 15.7. The summed E-state index contributed by atoms with van der Waals surface area (Å²) in [6.45, 7) is 1.68. The van der Waals surface area contributed by atoms with E-state index < -0.39 is 0 Å². The second-order valence-electron chi connectivity index (χ2n) is 5.58. The molecule has 1 aromatic heterocycles. The number of nitrogens with zero attached hydrogens (tertiary/aromatic N) is 2. The summed E-state index contributed by atoms with van der Waals surface area (Å²) < 4.78 is 13.3. The molecule has 0 amide bonds. The normalized spacial score (nSPS) is 13.9. The molecule has 0 fully saturated rings. The Balaban J connectivity index is 1.79. The van der Waals surface area contributed by atoms with Crippen LogP contribution in [0.1, 0.15) is 0 Å². The van der Waals surface area contributed by atoms with Crippen LogP contribution < -0.4 is 14.3 Å². The van der Waals surface area contributed by atoms with Gasteiger partial charge in [-0.05, 0) is 30.3 Å². The van der Waals surface area contributed by atoms with Gasteiger partial charge < -0.3 is 19.1 Å². The summed E-state index contributed by atoms with van der Waals surface area (Å²) in [6.07, 6.45) is 0. The smallest absolute Gasteiger partial charge is 0.190 e. The number of fused-ring (bicyclic) bond motifs is 1. The van der Waals surface area contributed by atoms with Gasteiger partial charge in [0, 0.05) is 17.5 Å². The Bertz CT molecular complexity index is 931. The largest absolute Gasteiger partial charge is 0.486 e. The van der Waals surface area contributed by atoms with Crippen molar-refractivity contribution in [3.63, 3.8) is 0 Å². The van der Waals surface area contributed by atoms with Gasteiger partial charge in [0.15, 0.2) is 16.3 Å². The van der Waals surface area contributed by atoms with Crippen LogP contribution in [0.25, 0.3) is 11.3 Å². The van der Waals surface area contributed by atoms with Gasteiger partial charge in [0.05, 0.1) is 18.0 Å². The molecule has 4 rings (SSSR count). The van der Waals surface area contributed by atoms with Crippen molar-refractivity contribution >= 4 is 17.0 Å². The minimum absolute atomic E-state index is 0.0518. The molecule has 0 spiro atoms. The highest BCUT2D eigenvalue weighted by molar-refractivity contribution is 7.07. The van der Waals surface area contributed by atoms with E-state index in [0.29, 0.717) is 19.8 Å². The lowest BCUT2D eigenvalue weighted by Gasteiger charge is -2.19. The number of hydrogen-bond acceptors (Lipinski definition) is 5. The fraction of sp³-hybridized carbons (Fsp3) is 0.211. The number of aromatic nitrogens is 1.